The average molecular weight is 323 g/mol. The van der Waals surface area contributed by atoms with Crippen LogP contribution in [0.15, 0.2) is 53.6 Å². The topological polar surface area (TPSA) is 38.7 Å². The highest BCUT2D eigenvalue weighted by molar-refractivity contribution is 6.04. The number of ether oxygens (including phenoxy) is 1. The van der Waals surface area contributed by atoms with Gasteiger partial charge in [-0.05, 0) is 56.1 Å². The quantitative estimate of drug-likeness (QED) is 0.800. The van der Waals surface area contributed by atoms with Crippen molar-refractivity contribution in [2.24, 2.45) is 10.4 Å². The Morgan fingerprint density at radius 1 is 1.04 bits per heavy atom. The second-order valence-corrected chi connectivity index (χ2v) is 8.48. The van der Waals surface area contributed by atoms with Crippen molar-refractivity contribution >= 4 is 11.7 Å². The fourth-order valence-electron chi connectivity index (χ4n) is 3.75. The van der Waals surface area contributed by atoms with Crippen molar-refractivity contribution in [3.63, 3.8) is 0 Å². The number of hydrogen-bond acceptors (Lipinski definition) is 3. The van der Waals surface area contributed by atoms with Crippen LogP contribution in [-0.4, -0.2) is 17.2 Å². The third-order valence-electron chi connectivity index (χ3n) is 4.20. The average Bonchev–Trinajstić information content (AvgIpc) is 2.74. The first-order valence-corrected chi connectivity index (χ1v) is 8.42. The number of rotatable bonds is 2. The van der Waals surface area contributed by atoms with E-state index in [1.54, 1.807) is 12.2 Å². The number of carbonyl (C=O) groups excluding carboxylic acids is 1. The number of nitrogens with zero attached hydrogens (tertiary/aromatic N) is 1. The Bertz CT molecular complexity index is 744. The van der Waals surface area contributed by atoms with Crippen LogP contribution in [0.5, 0.6) is 0 Å². The largest absolute Gasteiger partial charge is 0.457 e. The first kappa shape index (κ1) is 16.7. The van der Waals surface area contributed by atoms with E-state index in [1.165, 1.54) is 0 Å². The molecule has 3 nitrogen and oxygen atoms in total. The van der Waals surface area contributed by atoms with Crippen LogP contribution in [0.25, 0.3) is 0 Å². The van der Waals surface area contributed by atoms with E-state index in [1.807, 2.05) is 36.4 Å². The molecular weight excluding hydrogens is 298 g/mol. The molecule has 3 heteroatoms. The molecule has 1 aromatic carbocycles. The normalized spacial score (nSPS) is 20.5. The predicted molar refractivity (Wildman–Crippen MR) is 97.2 cm³/mol. The molecule has 0 saturated heterocycles. The zero-order chi connectivity index (χ0) is 17.6. The molecule has 1 heterocycles. The summed E-state index contributed by atoms with van der Waals surface area (Å²) < 4.78 is 6.28. The summed E-state index contributed by atoms with van der Waals surface area (Å²) >= 11 is 0. The number of ketones is 1. The monoisotopic (exact) mass is 323 g/mol. The minimum absolute atomic E-state index is 0.0137. The first-order chi connectivity index (χ1) is 11.1. The van der Waals surface area contributed by atoms with E-state index in [0.717, 1.165) is 17.5 Å². The van der Waals surface area contributed by atoms with E-state index in [9.17, 15) is 4.79 Å². The zero-order valence-corrected chi connectivity index (χ0v) is 15.1. The van der Waals surface area contributed by atoms with Gasteiger partial charge < -0.3 is 4.74 Å². The molecule has 1 aromatic rings. The third kappa shape index (κ3) is 3.21. The van der Waals surface area contributed by atoms with Crippen LogP contribution in [0.2, 0.25) is 0 Å². The Balaban J connectivity index is 2.03. The minimum Gasteiger partial charge on any atom is -0.457 e. The lowest BCUT2D eigenvalue weighted by atomic mass is 9.82. The Hall–Kier alpha value is -2.16. The van der Waals surface area contributed by atoms with Gasteiger partial charge in [-0.2, -0.15) is 0 Å². The van der Waals surface area contributed by atoms with E-state index in [0.29, 0.717) is 5.90 Å². The van der Waals surface area contributed by atoms with Gasteiger partial charge in [0, 0.05) is 11.1 Å². The van der Waals surface area contributed by atoms with Gasteiger partial charge in [0.25, 0.3) is 0 Å². The summed E-state index contributed by atoms with van der Waals surface area (Å²) in [6.45, 7) is 10.9. The molecule has 0 N–H and O–H groups in total. The smallest absolute Gasteiger partial charge is 0.218 e. The molecule has 24 heavy (non-hydrogen) atoms. The highest BCUT2D eigenvalue weighted by atomic mass is 16.5. The lowest BCUT2D eigenvalue weighted by molar-refractivity contribution is -0.110. The van der Waals surface area contributed by atoms with Crippen molar-refractivity contribution in [2.75, 3.05) is 0 Å². The molecule has 0 bridgehead atoms. The van der Waals surface area contributed by atoms with Crippen LogP contribution in [0.3, 0.4) is 0 Å². The first-order valence-electron chi connectivity index (χ1n) is 8.42. The van der Waals surface area contributed by atoms with E-state index >= 15 is 0 Å². The van der Waals surface area contributed by atoms with Crippen molar-refractivity contribution in [1.29, 1.82) is 0 Å². The van der Waals surface area contributed by atoms with Crippen molar-refractivity contribution in [3.8, 4) is 0 Å². The van der Waals surface area contributed by atoms with Gasteiger partial charge in [0.2, 0.25) is 5.90 Å². The summed E-state index contributed by atoms with van der Waals surface area (Å²) in [6.07, 6.45) is 7.74. The van der Waals surface area contributed by atoms with Crippen LogP contribution >= 0.6 is 0 Å². The zero-order valence-electron chi connectivity index (χ0n) is 15.1. The Kier molecular flexibility index (Phi) is 3.78. The Morgan fingerprint density at radius 3 is 2.29 bits per heavy atom. The standard InChI is InChI=1S/C21H25NO2/c1-19(2,3)14-20(4,5)22-18-16-8-6-7-9-17(16)21(24-18)12-10-15(23)11-13-21/h6-13H,14H2,1-5H3. The van der Waals surface area contributed by atoms with Gasteiger partial charge >= 0.3 is 0 Å². The molecule has 1 aliphatic heterocycles. The van der Waals surface area contributed by atoms with Crippen LogP contribution in [0.4, 0.5) is 0 Å². The van der Waals surface area contributed by atoms with Gasteiger partial charge in [0.1, 0.15) is 0 Å². The number of benzene rings is 1. The maximum absolute atomic E-state index is 11.5. The maximum atomic E-state index is 11.5. The van der Waals surface area contributed by atoms with Gasteiger partial charge in [-0.1, -0.05) is 39.0 Å². The highest BCUT2D eigenvalue weighted by Crippen LogP contribution is 2.41. The molecule has 1 aliphatic carbocycles. The number of hydrogen-bond donors (Lipinski definition) is 0. The van der Waals surface area contributed by atoms with Gasteiger partial charge in [-0.25, -0.2) is 4.99 Å². The summed E-state index contributed by atoms with van der Waals surface area (Å²) in [5.41, 5.74) is 1.28. The number of carbonyl (C=O) groups is 1. The maximum Gasteiger partial charge on any atom is 0.218 e. The van der Waals surface area contributed by atoms with Crippen molar-refractivity contribution in [2.45, 2.75) is 52.2 Å². The van der Waals surface area contributed by atoms with Gasteiger partial charge in [-0.3, -0.25) is 4.79 Å². The molecule has 3 rings (SSSR count). The van der Waals surface area contributed by atoms with Crippen molar-refractivity contribution < 1.29 is 9.53 Å². The second-order valence-electron chi connectivity index (χ2n) is 8.48. The Morgan fingerprint density at radius 2 is 1.67 bits per heavy atom. The van der Waals surface area contributed by atoms with Crippen LogP contribution in [-0.2, 0) is 15.1 Å². The Labute approximate surface area is 144 Å². The van der Waals surface area contributed by atoms with E-state index in [4.69, 9.17) is 9.73 Å². The molecule has 0 fully saturated rings. The minimum atomic E-state index is -0.707. The third-order valence-corrected chi connectivity index (χ3v) is 4.20. The predicted octanol–water partition coefficient (Wildman–Crippen LogP) is 4.57. The lowest BCUT2D eigenvalue weighted by Gasteiger charge is -2.30. The van der Waals surface area contributed by atoms with Gasteiger partial charge in [-0.15, -0.1) is 0 Å². The molecule has 126 valence electrons. The fraction of sp³-hybridized carbons (Fsp3) is 0.429. The van der Waals surface area contributed by atoms with Gasteiger partial charge in [0.05, 0.1) is 5.54 Å². The molecule has 2 aliphatic rings. The molecule has 0 amide bonds. The highest BCUT2D eigenvalue weighted by Gasteiger charge is 2.42. The number of aliphatic imine (C=N–C) groups is 1. The summed E-state index contributed by atoms with van der Waals surface area (Å²) in [5, 5.41) is 0. The van der Waals surface area contributed by atoms with E-state index < -0.39 is 5.60 Å². The second kappa shape index (κ2) is 5.44. The van der Waals surface area contributed by atoms with Gasteiger partial charge in [0.15, 0.2) is 11.4 Å². The summed E-state index contributed by atoms with van der Waals surface area (Å²) in [5.74, 6) is 0.642. The van der Waals surface area contributed by atoms with E-state index in [-0.39, 0.29) is 16.7 Å². The van der Waals surface area contributed by atoms with Crippen LogP contribution in [0, 0.1) is 5.41 Å². The van der Waals surface area contributed by atoms with Crippen molar-refractivity contribution in [3.05, 3.63) is 59.7 Å². The number of allylic oxidation sites excluding steroid dienone is 2. The molecule has 0 aromatic heterocycles. The summed E-state index contributed by atoms with van der Waals surface area (Å²) in [7, 11) is 0. The van der Waals surface area contributed by atoms with Crippen molar-refractivity contribution in [1.82, 2.24) is 0 Å². The van der Waals surface area contributed by atoms with Crippen LogP contribution in [0.1, 0.15) is 52.2 Å². The molecule has 0 unspecified atom stereocenters. The fourth-order valence-corrected chi connectivity index (χ4v) is 3.75. The molecule has 1 spiro atoms. The summed E-state index contributed by atoms with van der Waals surface area (Å²) in [6, 6.07) is 8.06. The van der Waals surface area contributed by atoms with Crippen LogP contribution < -0.4 is 0 Å². The van der Waals surface area contributed by atoms with E-state index in [2.05, 4.69) is 34.6 Å². The lowest BCUT2D eigenvalue weighted by Crippen LogP contribution is -2.28. The number of fused-ring (bicyclic) bond motifs is 2. The molecule has 0 saturated carbocycles. The molecule has 0 atom stereocenters. The molecule has 0 radical (unpaired) electrons. The SMILES string of the molecule is CC(C)(C)CC(C)(C)N=C1OC2(C=CC(=O)C=C2)c2ccccc21. The summed E-state index contributed by atoms with van der Waals surface area (Å²) in [4.78, 5) is 16.5. The molecular formula is C21H25NO2.